The molecule has 2 rings (SSSR count). The molecule has 1 unspecified atom stereocenters. The van der Waals surface area contributed by atoms with Crippen LogP contribution in [-0.2, 0) is 4.74 Å². The van der Waals surface area contributed by atoms with Crippen LogP contribution in [0, 0.1) is 0 Å². The second-order valence-electron chi connectivity index (χ2n) is 3.65. The summed E-state index contributed by atoms with van der Waals surface area (Å²) >= 11 is 0. The van der Waals surface area contributed by atoms with E-state index in [0.717, 1.165) is 18.8 Å². The summed E-state index contributed by atoms with van der Waals surface area (Å²) < 4.78 is 5.12. The first-order chi connectivity index (χ1) is 6.81. The molecule has 1 aliphatic heterocycles. The number of rotatable bonds is 3. The van der Waals surface area contributed by atoms with Gasteiger partial charge in [0.25, 0.3) is 0 Å². The molecule has 14 heavy (non-hydrogen) atoms. The molecule has 1 aromatic carbocycles. The average molecular weight is 193 g/mol. The van der Waals surface area contributed by atoms with Crippen molar-refractivity contribution in [3.63, 3.8) is 0 Å². The molecule has 0 spiro atoms. The summed E-state index contributed by atoms with van der Waals surface area (Å²) in [5.74, 6) is 0.541. The van der Waals surface area contributed by atoms with E-state index in [2.05, 4.69) is 0 Å². The van der Waals surface area contributed by atoms with Crippen LogP contribution in [0.3, 0.4) is 0 Å². The maximum absolute atomic E-state index is 9.48. The predicted octanol–water partition coefficient (Wildman–Crippen LogP) is 0.792. The lowest BCUT2D eigenvalue weighted by Crippen LogP contribution is -2.25. The zero-order chi connectivity index (χ0) is 9.97. The Hall–Kier alpha value is -0.900. The Morgan fingerprint density at radius 2 is 2.00 bits per heavy atom. The summed E-state index contributed by atoms with van der Waals surface area (Å²) in [5, 5.41) is 9.48. The third kappa shape index (κ3) is 1.80. The Balaban J connectivity index is 2.09. The average Bonchev–Trinajstić information content (AvgIpc) is 2.15. The fourth-order valence-corrected chi connectivity index (χ4v) is 1.55. The largest absolute Gasteiger partial charge is 0.387 e. The highest BCUT2D eigenvalue weighted by atomic mass is 16.5. The second kappa shape index (κ2) is 4.09. The highest BCUT2D eigenvalue weighted by Gasteiger charge is 2.20. The minimum atomic E-state index is -0.540. The van der Waals surface area contributed by atoms with E-state index in [9.17, 15) is 5.11 Å². The number of hydrogen-bond donors (Lipinski definition) is 2. The lowest BCUT2D eigenvalue weighted by molar-refractivity contribution is 0.00840. The first-order valence-electron chi connectivity index (χ1n) is 4.87. The molecule has 0 radical (unpaired) electrons. The van der Waals surface area contributed by atoms with E-state index < -0.39 is 6.10 Å². The maximum Gasteiger partial charge on any atom is 0.0912 e. The van der Waals surface area contributed by atoms with Crippen LogP contribution in [0.15, 0.2) is 24.3 Å². The highest BCUT2D eigenvalue weighted by Crippen LogP contribution is 2.24. The lowest BCUT2D eigenvalue weighted by Gasteiger charge is -2.26. The molecule has 3 N–H and O–H groups in total. The Labute approximate surface area is 83.5 Å². The molecule has 0 amide bonds. The SMILES string of the molecule is NCC(O)c1ccc(C2COC2)cc1. The van der Waals surface area contributed by atoms with Gasteiger partial charge in [-0.1, -0.05) is 24.3 Å². The summed E-state index contributed by atoms with van der Waals surface area (Å²) in [6.45, 7) is 1.91. The Kier molecular flexibility index (Phi) is 2.82. The molecule has 3 nitrogen and oxygen atoms in total. The van der Waals surface area contributed by atoms with Gasteiger partial charge >= 0.3 is 0 Å². The van der Waals surface area contributed by atoms with Gasteiger partial charge in [-0.2, -0.15) is 0 Å². The minimum absolute atomic E-state index is 0.270. The van der Waals surface area contributed by atoms with Gasteiger partial charge in [0.05, 0.1) is 19.3 Å². The summed E-state index contributed by atoms with van der Waals surface area (Å²) in [5.41, 5.74) is 7.54. The van der Waals surface area contributed by atoms with Crippen molar-refractivity contribution in [2.75, 3.05) is 19.8 Å². The maximum atomic E-state index is 9.48. The van der Waals surface area contributed by atoms with E-state index in [1.807, 2.05) is 24.3 Å². The van der Waals surface area contributed by atoms with Gasteiger partial charge in [0.2, 0.25) is 0 Å². The van der Waals surface area contributed by atoms with E-state index >= 15 is 0 Å². The first kappa shape index (κ1) is 9.65. The van der Waals surface area contributed by atoms with Gasteiger partial charge in [-0.05, 0) is 11.1 Å². The van der Waals surface area contributed by atoms with Gasteiger partial charge < -0.3 is 15.6 Å². The molecule has 1 saturated heterocycles. The standard InChI is InChI=1S/C11H15NO2/c12-5-11(13)9-3-1-8(2-4-9)10-6-14-7-10/h1-4,10-11,13H,5-7,12H2. The van der Waals surface area contributed by atoms with Crippen molar-refractivity contribution >= 4 is 0 Å². The van der Waals surface area contributed by atoms with Crippen molar-refractivity contribution in [1.29, 1.82) is 0 Å². The molecular formula is C11H15NO2. The van der Waals surface area contributed by atoms with Gasteiger partial charge in [0.15, 0.2) is 0 Å². The summed E-state index contributed by atoms with van der Waals surface area (Å²) in [4.78, 5) is 0. The third-order valence-corrected chi connectivity index (χ3v) is 2.65. The highest BCUT2D eigenvalue weighted by molar-refractivity contribution is 5.27. The van der Waals surface area contributed by atoms with Gasteiger partial charge in [-0.15, -0.1) is 0 Å². The van der Waals surface area contributed by atoms with E-state index in [-0.39, 0.29) is 6.54 Å². The van der Waals surface area contributed by atoms with Crippen LogP contribution >= 0.6 is 0 Å². The van der Waals surface area contributed by atoms with Crippen molar-refractivity contribution in [2.45, 2.75) is 12.0 Å². The number of nitrogens with two attached hydrogens (primary N) is 1. The van der Waals surface area contributed by atoms with E-state index in [1.54, 1.807) is 0 Å². The van der Waals surface area contributed by atoms with Crippen LogP contribution in [0.25, 0.3) is 0 Å². The van der Waals surface area contributed by atoms with Crippen LogP contribution in [0.2, 0.25) is 0 Å². The molecular weight excluding hydrogens is 178 g/mol. The lowest BCUT2D eigenvalue weighted by atomic mass is 9.96. The molecule has 0 aliphatic carbocycles. The van der Waals surface area contributed by atoms with E-state index in [4.69, 9.17) is 10.5 Å². The zero-order valence-electron chi connectivity index (χ0n) is 8.02. The van der Waals surface area contributed by atoms with Crippen LogP contribution in [0.4, 0.5) is 0 Å². The van der Waals surface area contributed by atoms with Crippen LogP contribution in [0.1, 0.15) is 23.1 Å². The molecule has 0 aromatic heterocycles. The zero-order valence-corrected chi connectivity index (χ0v) is 8.02. The Bertz CT molecular complexity index is 269. The molecule has 0 saturated carbocycles. The monoisotopic (exact) mass is 193 g/mol. The number of aliphatic hydroxyl groups excluding tert-OH is 1. The molecule has 1 atom stereocenters. The third-order valence-electron chi connectivity index (χ3n) is 2.65. The van der Waals surface area contributed by atoms with Crippen LogP contribution in [-0.4, -0.2) is 24.9 Å². The number of aliphatic hydroxyl groups is 1. The summed E-state index contributed by atoms with van der Waals surface area (Å²) in [7, 11) is 0. The molecule has 76 valence electrons. The van der Waals surface area contributed by atoms with Crippen LogP contribution in [0.5, 0.6) is 0 Å². The number of benzene rings is 1. The van der Waals surface area contributed by atoms with Crippen molar-refractivity contribution in [1.82, 2.24) is 0 Å². The number of ether oxygens (including phenoxy) is 1. The molecule has 3 heteroatoms. The van der Waals surface area contributed by atoms with Gasteiger partial charge in [-0.3, -0.25) is 0 Å². The molecule has 1 fully saturated rings. The molecule has 0 bridgehead atoms. The molecule has 1 heterocycles. The normalized spacial score (nSPS) is 19.0. The van der Waals surface area contributed by atoms with Crippen molar-refractivity contribution in [2.24, 2.45) is 5.73 Å². The predicted molar refractivity (Wildman–Crippen MR) is 54.0 cm³/mol. The fourth-order valence-electron chi connectivity index (χ4n) is 1.55. The Morgan fingerprint density at radius 3 is 2.43 bits per heavy atom. The van der Waals surface area contributed by atoms with Crippen molar-refractivity contribution in [3.05, 3.63) is 35.4 Å². The van der Waals surface area contributed by atoms with Crippen molar-refractivity contribution in [3.8, 4) is 0 Å². The first-order valence-corrected chi connectivity index (χ1v) is 4.87. The topological polar surface area (TPSA) is 55.5 Å². The van der Waals surface area contributed by atoms with Crippen molar-refractivity contribution < 1.29 is 9.84 Å². The summed E-state index contributed by atoms with van der Waals surface area (Å²) in [6.07, 6.45) is -0.540. The Morgan fingerprint density at radius 1 is 1.36 bits per heavy atom. The molecule has 1 aliphatic rings. The second-order valence-corrected chi connectivity index (χ2v) is 3.65. The van der Waals surface area contributed by atoms with Gasteiger partial charge in [0, 0.05) is 12.5 Å². The smallest absolute Gasteiger partial charge is 0.0912 e. The van der Waals surface area contributed by atoms with E-state index in [1.165, 1.54) is 5.56 Å². The number of hydrogen-bond acceptors (Lipinski definition) is 3. The van der Waals surface area contributed by atoms with Gasteiger partial charge in [0.1, 0.15) is 0 Å². The minimum Gasteiger partial charge on any atom is -0.387 e. The quantitative estimate of drug-likeness (QED) is 0.746. The van der Waals surface area contributed by atoms with E-state index in [0.29, 0.717) is 5.92 Å². The fraction of sp³-hybridized carbons (Fsp3) is 0.455. The van der Waals surface area contributed by atoms with Gasteiger partial charge in [-0.25, -0.2) is 0 Å². The molecule has 1 aromatic rings. The summed E-state index contributed by atoms with van der Waals surface area (Å²) in [6, 6.07) is 7.96. The van der Waals surface area contributed by atoms with Crippen LogP contribution < -0.4 is 5.73 Å².